The Bertz CT molecular complexity index is 384. The number of nitrogens with zero attached hydrogens (tertiary/aromatic N) is 2. The van der Waals surface area contributed by atoms with Gasteiger partial charge in [0, 0.05) is 50.4 Å². The van der Waals surface area contributed by atoms with Crippen LogP contribution in [0.2, 0.25) is 0 Å². The van der Waals surface area contributed by atoms with Crippen LogP contribution in [0.25, 0.3) is 0 Å². The lowest BCUT2D eigenvalue weighted by atomic mass is 10.00. The van der Waals surface area contributed by atoms with Gasteiger partial charge in [0.05, 0.1) is 6.61 Å². The molecule has 0 amide bonds. The molecule has 20 heavy (non-hydrogen) atoms. The molecular weight excluding hydrogens is 250 g/mol. The fourth-order valence-corrected chi connectivity index (χ4v) is 3.20. The molecule has 1 unspecified atom stereocenters. The Balaban J connectivity index is 1.40. The molecule has 0 radical (unpaired) electrons. The smallest absolute Gasteiger partial charge is 0.0506 e. The minimum absolute atomic E-state index is 0.676. The summed E-state index contributed by atoms with van der Waals surface area (Å²) in [6, 6.07) is 4.88. The van der Waals surface area contributed by atoms with Gasteiger partial charge in [0.2, 0.25) is 0 Å². The van der Waals surface area contributed by atoms with E-state index in [1.165, 1.54) is 31.4 Å². The molecule has 2 fully saturated rings. The van der Waals surface area contributed by atoms with Crippen LogP contribution in [0.5, 0.6) is 0 Å². The van der Waals surface area contributed by atoms with Crippen LogP contribution in [-0.4, -0.2) is 43.9 Å². The van der Waals surface area contributed by atoms with Crippen molar-refractivity contribution in [3.63, 3.8) is 0 Å². The highest BCUT2D eigenvalue weighted by Gasteiger charge is 2.21. The molecule has 3 rings (SSSR count). The summed E-state index contributed by atoms with van der Waals surface area (Å²) in [5.41, 5.74) is 1.30. The monoisotopic (exact) mass is 275 g/mol. The van der Waals surface area contributed by atoms with Gasteiger partial charge in [-0.25, -0.2) is 0 Å². The van der Waals surface area contributed by atoms with E-state index in [1.54, 1.807) is 0 Å². The maximum Gasteiger partial charge on any atom is 0.0506 e. The van der Waals surface area contributed by atoms with Gasteiger partial charge in [-0.3, -0.25) is 4.98 Å². The van der Waals surface area contributed by atoms with Gasteiger partial charge in [0.15, 0.2) is 0 Å². The number of anilines is 1. The number of ether oxygens (including phenoxy) is 1. The number of nitrogens with one attached hydrogen (secondary N) is 1. The van der Waals surface area contributed by atoms with E-state index in [9.17, 15) is 0 Å². The maximum absolute atomic E-state index is 5.54. The van der Waals surface area contributed by atoms with E-state index >= 15 is 0 Å². The molecule has 0 aliphatic carbocycles. The van der Waals surface area contributed by atoms with Crippen molar-refractivity contribution in [3.05, 3.63) is 24.5 Å². The molecule has 0 bridgehead atoms. The van der Waals surface area contributed by atoms with Crippen LogP contribution in [0.3, 0.4) is 0 Å². The van der Waals surface area contributed by atoms with E-state index in [0.29, 0.717) is 6.04 Å². The fourth-order valence-electron chi connectivity index (χ4n) is 3.20. The van der Waals surface area contributed by atoms with Crippen molar-refractivity contribution in [2.45, 2.75) is 31.7 Å². The molecule has 0 aromatic carbocycles. The Morgan fingerprint density at radius 3 is 2.70 bits per heavy atom. The molecule has 4 nitrogen and oxygen atoms in total. The van der Waals surface area contributed by atoms with Crippen molar-refractivity contribution in [1.82, 2.24) is 10.3 Å². The Hall–Kier alpha value is -1.13. The largest absolute Gasteiger partial charge is 0.381 e. The highest BCUT2D eigenvalue weighted by atomic mass is 16.5. The van der Waals surface area contributed by atoms with Crippen molar-refractivity contribution in [2.24, 2.45) is 5.92 Å². The molecule has 2 saturated heterocycles. The van der Waals surface area contributed by atoms with Crippen molar-refractivity contribution < 1.29 is 4.74 Å². The van der Waals surface area contributed by atoms with Crippen LogP contribution < -0.4 is 10.2 Å². The maximum atomic E-state index is 5.54. The first kappa shape index (κ1) is 13.8. The summed E-state index contributed by atoms with van der Waals surface area (Å²) in [7, 11) is 0. The highest BCUT2D eigenvalue weighted by Crippen LogP contribution is 2.19. The van der Waals surface area contributed by atoms with Gasteiger partial charge >= 0.3 is 0 Å². The van der Waals surface area contributed by atoms with E-state index in [4.69, 9.17) is 4.74 Å². The molecule has 2 aliphatic heterocycles. The van der Waals surface area contributed by atoms with Crippen LogP contribution in [-0.2, 0) is 4.74 Å². The predicted octanol–water partition coefficient (Wildman–Crippen LogP) is 2.07. The van der Waals surface area contributed by atoms with Crippen molar-refractivity contribution >= 4 is 5.69 Å². The number of piperidine rings is 1. The summed E-state index contributed by atoms with van der Waals surface area (Å²) in [5.74, 6) is 0.724. The topological polar surface area (TPSA) is 37.4 Å². The van der Waals surface area contributed by atoms with E-state index in [2.05, 4.69) is 27.3 Å². The summed E-state index contributed by atoms with van der Waals surface area (Å²) < 4.78 is 5.54. The summed E-state index contributed by atoms with van der Waals surface area (Å²) in [4.78, 5) is 6.55. The van der Waals surface area contributed by atoms with Crippen LogP contribution in [0.4, 0.5) is 5.69 Å². The van der Waals surface area contributed by atoms with Crippen LogP contribution in [0.15, 0.2) is 24.5 Å². The average Bonchev–Trinajstić information content (AvgIpc) is 2.55. The van der Waals surface area contributed by atoms with Crippen LogP contribution in [0.1, 0.15) is 25.7 Å². The van der Waals surface area contributed by atoms with Crippen molar-refractivity contribution in [1.29, 1.82) is 0 Å². The second-order valence-corrected chi connectivity index (χ2v) is 5.96. The number of hydrogen-bond acceptors (Lipinski definition) is 4. The highest BCUT2D eigenvalue weighted by molar-refractivity contribution is 5.44. The minimum Gasteiger partial charge on any atom is -0.381 e. The van der Waals surface area contributed by atoms with E-state index in [1.807, 2.05) is 12.4 Å². The Kier molecular flexibility index (Phi) is 4.87. The molecule has 2 aliphatic rings. The molecule has 1 aromatic rings. The van der Waals surface area contributed by atoms with Gasteiger partial charge in [0.25, 0.3) is 0 Å². The first-order valence-electron chi connectivity index (χ1n) is 7.88. The van der Waals surface area contributed by atoms with Crippen LogP contribution >= 0.6 is 0 Å². The third-order valence-corrected chi connectivity index (χ3v) is 4.47. The Morgan fingerprint density at radius 2 is 2.00 bits per heavy atom. The SMILES string of the molecule is c1cc(N2CCC(NCC3CCCOC3)CC2)ccn1. The van der Waals surface area contributed by atoms with Gasteiger partial charge in [-0.2, -0.15) is 0 Å². The van der Waals surface area contributed by atoms with E-state index in [0.717, 1.165) is 38.8 Å². The van der Waals surface area contributed by atoms with Gasteiger partial charge in [-0.05, 0) is 43.7 Å². The summed E-state index contributed by atoms with van der Waals surface area (Å²) >= 11 is 0. The quantitative estimate of drug-likeness (QED) is 0.913. The predicted molar refractivity (Wildman–Crippen MR) is 81.0 cm³/mol. The molecule has 0 spiro atoms. The van der Waals surface area contributed by atoms with Gasteiger partial charge in [0.1, 0.15) is 0 Å². The number of pyridine rings is 1. The molecule has 4 heteroatoms. The molecule has 1 atom stereocenters. The lowest BCUT2D eigenvalue weighted by molar-refractivity contribution is 0.0535. The zero-order valence-corrected chi connectivity index (χ0v) is 12.1. The lowest BCUT2D eigenvalue weighted by Crippen LogP contribution is -2.44. The standard InChI is InChI=1S/C16H25N3O/c1-2-14(13-20-11-1)12-18-15-5-9-19(10-6-15)16-3-7-17-8-4-16/h3-4,7-8,14-15,18H,1-2,5-6,9-13H2. The number of aromatic nitrogens is 1. The summed E-state index contributed by atoms with van der Waals surface area (Å²) in [5, 5.41) is 3.74. The second kappa shape index (κ2) is 7.04. The zero-order chi connectivity index (χ0) is 13.6. The van der Waals surface area contributed by atoms with Gasteiger partial charge < -0.3 is 15.0 Å². The number of hydrogen-bond donors (Lipinski definition) is 1. The molecule has 1 aromatic heterocycles. The van der Waals surface area contributed by atoms with Crippen molar-refractivity contribution in [2.75, 3.05) is 37.7 Å². The third kappa shape index (κ3) is 3.70. The fraction of sp³-hybridized carbons (Fsp3) is 0.688. The van der Waals surface area contributed by atoms with Crippen LogP contribution in [0, 0.1) is 5.92 Å². The number of rotatable bonds is 4. The Morgan fingerprint density at radius 1 is 1.20 bits per heavy atom. The Labute approximate surface area is 121 Å². The lowest BCUT2D eigenvalue weighted by Gasteiger charge is -2.35. The molecule has 0 saturated carbocycles. The first-order valence-corrected chi connectivity index (χ1v) is 7.88. The van der Waals surface area contributed by atoms with Crippen molar-refractivity contribution in [3.8, 4) is 0 Å². The molecule has 3 heterocycles. The third-order valence-electron chi connectivity index (χ3n) is 4.47. The second-order valence-electron chi connectivity index (χ2n) is 5.96. The van der Waals surface area contributed by atoms with Gasteiger partial charge in [-0.15, -0.1) is 0 Å². The molecular formula is C16H25N3O. The summed E-state index contributed by atoms with van der Waals surface area (Å²) in [6.45, 7) is 5.31. The van der Waals surface area contributed by atoms with Gasteiger partial charge in [-0.1, -0.05) is 0 Å². The normalized spacial score (nSPS) is 24.8. The first-order chi connectivity index (χ1) is 9.92. The summed E-state index contributed by atoms with van der Waals surface area (Å²) in [6.07, 6.45) is 8.77. The van der Waals surface area contributed by atoms with E-state index in [-0.39, 0.29) is 0 Å². The molecule has 110 valence electrons. The minimum atomic E-state index is 0.676. The molecule has 1 N–H and O–H groups in total. The zero-order valence-electron chi connectivity index (χ0n) is 12.1. The van der Waals surface area contributed by atoms with E-state index < -0.39 is 0 Å². The average molecular weight is 275 g/mol.